The van der Waals surface area contributed by atoms with Gasteiger partial charge in [-0.1, -0.05) is 17.7 Å². The minimum atomic E-state index is -0.580. The second kappa shape index (κ2) is 5.00. The van der Waals surface area contributed by atoms with Gasteiger partial charge in [0.25, 0.3) is 0 Å². The van der Waals surface area contributed by atoms with E-state index in [0.717, 1.165) is 0 Å². The molecule has 0 aliphatic rings. The smallest absolute Gasteiger partial charge is 0.239 e. The van der Waals surface area contributed by atoms with E-state index in [1.807, 2.05) is 0 Å². The van der Waals surface area contributed by atoms with E-state index < -0.39 is 11.9 Å². The molecule has 0 radical (unpaired) electrons. The molecule has 1 aromatic rings. The van der Waals surface area contributed by atoms with Crippen LogP contribution in [0, 0.1) is 0 Å². The number of ether oxygens (including phenoxy) is 1. The van der Waals surface area contributed by atoms with E-state index in [1.165, 1.54) is 0 Å². The monoisotopic (exact) mass is 228 g/mol. The first-order chi connectivity index (χ1) is 7.10. The lowest BCUT2D eigenvalue weighted by molar-refractivity contribution is -0.120. The summed E-state index contributed by atoms with van der Waals surface area (Å²) in [5.74, 6) is 0.174. The molecule has 3 N–H and O–H groups in total. The first kappa shape index (κ1) is 11.8. The number of hydrogen-bond donors (Lipinski definition) is 2. The van der Waals surface area contributed by atoms with Crippen LogP contribution in [0.1, 0.15) is 11.6 Å². The number of methoxy groups -OCH3 is 1. The molecule has 0 saturated heterocycles. The third-order valence-electron chi connectivity index (χ3n) is 2.09. The number of amides is 1. The van der Waals surface area contributed by atoms with Crippen molar-refractivity contribution < 1.29 is 9.53 Å². The molecule has 1 unspecified atom stereocenters. The third-order valence-corrected chi connectivity index (χ3v) is 2.42. The number of likely N-dealkylation sites (N-methyl/N-ethyl adjacent to an activating group) is 1. The lowest BCUT2D eigenvalue weighted by atomic mass is 10.1. The molecular weight excluding hydrogens is 216 g/mol. The zero-order valence-corrected chi connectivity index (χ0v) is 9.34. The fraction of sp³-hybridized carbons (Fsp3) is 0.300. The second-order valence-corrected chi connectivity index (χ2v) is 3.42. The van der Waals surface area contributed by atoms with Crippen molar-refractivity contribution in [3.05, 3.63) is 28.8 Å². The van der Waals surface area contributed by atoms with Gasteiger partial charge in [-0.25, -0.2) is 0 Å². The Morgan fingerprint density at radius 2 is 2.27 bits per heavy atom. The van der Waals surface area contributed by atoms with Crippen LogP contribution in [0.25, 0.3) is 0 Å². The molecular formula is C10H13ClN2O2. The van der Waals surface area contributed by atoms with Crippen molar-refractivity contribution in [2.24, 2.45) is 5.73 Å². The fourth-order valence-electron chi connectivity index (χ4n) is 1.32. The highest BCUT2D eigenvalue weighted by Gasteiger charge is 2.18. The van der Waals surface area contributed by atoms with Crippen LogP contribution in [-0.4, -0.2) is 20.1 Å². The number of nitrogens with two attached hydrogens (primary N) is 1. The van der Waals surface area contributed by atoms with Crippen molar-refractivity contribution >= 4 is 17.5 Å². The van der Waals surface area contributed by atoms with Gasteiger partial charge in [-0.2, -0.15) is 0 Å². The summed E-state index contributed by atoms with van der Waals surface area (Å²) in [6, 6.07) is 4.51. The lowest BCUT2D eigenvalue weighted by Gasteiger charge is -2.14. The molecule has 5 heteroatoms. The van der Waals surface area contributed by atoms with Gasteiger partial charge in [0.15, 0.2) is 0 Å². The normalized spacial score (nSPS) is 12.2. The maximum atomic E-state index is 11.1. The summed E-state index contributed by atoms with van der Waals surface area (Å²) in [7, 11) is 3.20. The van der Waals surface area contributed by atoms with E-state index in [2.05, 4.69) is 5.32 Å². The van der Waals surface area contributed by atoms with Crippen LogP contribution in [0.3, 0.4) is 0 Å². The van der Waals surface area contributed by atoms with E-state index in [-0.39, 0.29) is 0 Å². The molecule has 4 nitrogen and oxygen atoms in total. The lowest BCUT2D eigenvalue weighted by Crippen LogP contribution is -2.31. The summed E-state index contributed by atoms with van der Waals surface area (Å²) in [5.41, 5.74) is 5.87. The van der Waals surface area contributed by atoms with Gasteiger partial charge in [0.05, 0.1) is 7.11 Å². The van der Waals surface area contributed by atoms with Crippen molar-refractivity contribution in [3.63, 3.8) is 0 Å². The molecule has 0 aliphatic carbocycles. The SMILES string of the molecule is CNC(C(N)=O)c1ccc(OC)cc1Cl. The van der Waals surface area contributed by atoms with Crippen LogP contribution in [-0.2, 0) is 4.79 Å². The fourth-order valence-corrected chi connectivity index (χ4v) is 1.60. The first-order valence-electron chi connectivity index (χ1n) is 4.40. The minimum absolute atomic E-state index is 0.451. The Kier molecular flexibility index (Phi) is 3.94. The number of carbonyl (C=O) groups excluding carboxylic acids is 1. The average Bonchev–Trinajstić information content (AvgIpc) is 2.20. The molecule has 82 valence electrons. The maximum absolute atomic E-state index is 11.1. The molecule has 0 fully saturated rings. The van der Waals surface area contributed by atoms with E-state index in [9.17, 15) is 4.79 Å². The van der Waals surface area contributed by atoms with Crippen molar-refractivity contribution in [1.82, 2.24) is 5.32 Å². The Labute approximate surface area is 93.4 Å². The molecule has 1 atom stereocenters. The highest BCUT2D eigenvalue weighted by molar-refractivity contribution is 6.31. The third kappa shape index (κ3) is 2.61. The number of halogens is 1. The van der Waals surface area contributed by atoms with Gasteiger partial charge in [0.2, 0.25) is 5.91 Å². The molecule has 15 heavy (non-hydrogen) atoms. The van der Waals surface area contributed by atoms with Crippen molar-refractivity contribution in [2.45, 2.75) is 6.04 Å². The quantitative estimate of drug-likeness (QED) is 0.811. The number of primary amides is 1. The van der Waals surface area contributed by atoms with Crippen molar-refractivity contribution in [1.29, 1.82) is 0 Å². The number of carbonyl (C=O) groups is 1. The second-order valence-electron chi connectivity index (χ2n) is 3.01. The van der Waals surface area contributed by atoms with Crippen LogP contribution in [0.4, 0.5) is 0 Å². The summed E-state index contributed by atoms with van der Waals surface area (Å²) < 4.78 is 5.00. The molecule has 1 aromatic carbocycles. The van der Waals surface area contributed by atoms with Gasteiger partial charge >= 0.3 is 0 Å². The van der Waals surface area contributed by atoms with Crippen LogP contribution in [0.2, 0.25) is 5.02 Å². The molecule has 0 spiro atoms. The predicted octanol–water partition coefficient (Wildman–Crippen LogP) is 1.09. The summed E-state index contributed by atoms with van der Waals surface area (Å²) in [6.45, 7) is 0. The Morgan fingerprint density at radius 1 is 1.60 bits per heavy atom. The zero-order valence-electron chi connectivity index (χ0n) is 8.58. The van der Waals surface area contributed by atoms with Crippen LogP contribution in [0.15, 0.2) is 18.2 Å². The average molecular weight is 229 g/mol. The molecule has 1 rings (SSSR count). The first-order valence-corrected chi connectivity index (χ1v) is 4.78. The van der Waals surface area contributed by atoms with Crippen LogP contribution < -0.4 is 15.8 Å². The van der Waals surface area contributed by atoms with Gasteiger partial charge in [-0.3, -0.25) is 4.79 Å². The van der Waals surface area contributed by atoms with Gasteiger partial charge in [0, 0.05) is 5.02 Å². The predicted molar refractivity (Wildman–Crippen MR) is 59.0 cm³/mol. The van der Waals surface area contributed by atoms with Crippen molar-refractivity contribution in [2.75, 3.05) is 14.2 Å². The largest absolute Gasteiger partial charge is 0.497 e. The topological polar surface area (TPSA) is 64.3 Å². The van der Waals surface area contributed by atoms with Crippen molar-refractivity contribution in [3.8, 4) is 5.75 Å². The Bertz CT molecular complexity index is 368. The Balaban J connectivity index is 3.08. The highest BCUT2D eigenvalue weighted by Crippen LogP contribution is 2.26. The Hall–Kier alpha value is -1.26. The van der Waals surface area contributed by atoms with Gasteiger partial charge < -0.3 is 15.8 Å². The molecule has 0 bridgehead atoms. The van der Waals surface area contributed by atoms with E-state index in [0.29, 0.717) is 16.3 Å². The maximum Gasteiger partial charge on any atom is 0.239 e. The summed E-state index contributed by atoms with van der Waals surface area (Å²) in [5, 5.41) is 3.25. The minimum Gasteiger partial charge on any atom is -0.497 e. The number of hydrogen-bond acceptors (Lipinski definition) is 3. The zero-order chi connectivity index (χ0) is 11.4. The summed E-state index contributed by atoms with van der Waals surface area (Å²) >= 11 is 6.00. The van der Waals surface area contributed by atoms with Gasteiger partial charge in [-0.15, -0.1) is 0 Å². The number of benzene rings is 1. The summed E-state index contributed by atoms with van der Waals surface area (Å²) in [4.78, 5) is 11.1. The number of rotatable bonds is 4. The Morgan fingerprint density at radius 3 is 2.67 bits per heavy atom. The van der Waals surface area contributed by atoms with Gasteiger partial charge in [-0.05, 0) is 24.7 Å². The molecule has 0 aliphatic heterocycles. The van der Waals surface area contributed by atoms with E-state index in [4.69, 9.17) is 22.1 Å². The van der Waals surface area contributed by atoms with E-state index in [1.54, 1.807) is 32.4 Å². The summed E-state index contributed by atoms with van der Waals surface area (Å²) in [6.07, 6.45) is 0. The molecule has 0 heterocycles. The van der Waals surface area contributed by atoms with Gasteiger partial charge in [0.1, 0.15) is 11.8 Å². The molecule has 0 aromatic heterocycles. The van der Waals surface area contributed by atoms with E-state index >= 15 is 0 Å². The standard InChI is InChI=1S/C10H13ClN2O2/c1-13-9(10(12)14)7-4-3-6(15-2)5-8(7)11/h3-5,9,13H,1-2H3,(H2,12,14). The highest BCUT2D eigenvalue weighted by atomic mass is 35.5. The van der Waals surface area contributed by atoms with Crippen LogP contribution in [0.5, 0.6) is 5.75 Å². The molecule has 1 amide bonds. The van der Waals surface area contributed by atoms with Crippen LogP contribution >= 0.6 is 11.6 Å². The number of nitrogens with one attached hydrogen (secondary N) is 1. The molecule has 0 saturated carbocycles.